The van der Waals surface area contributed by atoms with Crippen LogP contribution < -0.4 is 15.4 Å². The van der Waals surface area contributed by atoms with Crippen LogP contribution in [0.4, 0.5) is 5.69 Å². The van der Waals surface area contributed by atoms with Gasteiger partial charge in [0.2, 0.25) is 0 Å². The lowest BCUT2D eigenvalue weighted by Crippen LogP contribution is -2.28. The molecule has 0 atom stereocenters. The summed E-state index contributed by atoms with van der Waals surface area (Å²) in [6.07, 6.45) is 0. The molecule has 0 radical (unpaired) electrons. The van der Waals surface area contributed by atoms with Crippen molar-refractivity contribution in [3.63, 3.8) is 0 Å². The van der Waals surface area contributed by atoms with Gasteiger partial charge in [-0.3, -0.25) is 0 Å². The molecule has 0 bridgehead atoms. The van der Waals surface area contributed by atoms with E-state index in [-0.39, 0.29) is 0 Å². The molecule has 0 aliphatic rings. The Morgan fingerprint density at radius 2 is 1.90 bits per heavy atom. The highest BCUT2D eigenvalue weighted by Gasteiger charge is 2.02. The topological polar surface area (TPSA) is 38.2 Å². The van der Waals surface area contributed by atoms with E-state index < -0.39 is 0 Å². The summed E-state index contributed by atoms with van der Waals surface area (Å²) in [6.45, 7) is 5.42. The van der Waals surface area contributed by atoms with Crippen molar-refractivity contribution in [1.29, 1.82) is 0 Å². The first-order valence-electron chi connectivity index (χ1n) is 6.99. The summed E-state index contributed by atoms with van der Waals surface area (Å²) in [4.78, 5) is 0. The lowest BCUT2D eigenvalue weighted by atomic mass is 10.3. The number of aryl methyl sites for hydroxylation is 1. The van der Waals surface area contributed by atoms with E-state index in [0.717, 1.165) is 11.4 Å². The lowest BCUT2D eigenvalue weighted by Gasteiger charge is -2.12. The maximum atomic E-state index is 5.41. The first-order valence-corrected chi connectivity index (χ1v) is 7.40. The second-order valence-corrected chi connectivity index (χ2v) is 5.20. The van der Waals surface area contributed by atoms with Crippen LogP contribution in [0.5, 0.6) is 5.75 Å². The lowest BCUT2D eigenvalue weighted by molar-refractivity contribution is 0.340. The number of nitrogens with zero attached hydrogens (tertiary/aromatic N) is 1. The number of benzene rings is 1. The number of aromatic nitrogens is 1. The molecule has 1 heterocycles. The molecule has 21 heavy (non-hydrogen) atoms. The zero-order valence-corrected chi connectivity index (χ0v) is 13.5. The molecular formula is C16H21N3OS. The van der Waals surface area contributed by atoms with Gasteiger partial charge in [0.05, 0.1) is 13.2 Å². The molecule has 2 N–H and O–H groups in total. The summed E-state index contributed by atoms with van der Waals surface area (Å²) in [7, 11) is 2.05. The molecule has 0 unspecified atom stereocenters. The number of anilines is 1. The zero-order valence-electron chi connectivity index (χ0n) is 12.6. The van der Waals surface area contributed by atoms with Crippen LogP contribution in [0, 0.1) is 6.92 Å². The SMILES string of the molecule is CCOc1ccc(NC(=S)NCc2ccc(C)n2C)cc1. The molecule has 0 fully saturated rings. The van der Waals surface area contributed by atoms with E-state index in [0.29, 0.717) is 18.3 Å². The highest BCUT2D eigenvalue weighted by Crippen LogP contribution is 2.15. The minimum absolute atomic E-state index is 0.609. The average molecular weight is 303 g/mol. The standard InChI is InChI=1S/C16H21N3OS/c1-4-20-15-9-6-13(7-10-15)18-16(21)17-11-14-8-5-12(2)19(14)3/h5-10H,4,11H2,1-3H3,(H2,17,18,21). The van der Waals surface area contributed by atoms with E-state index in [2.05, 4.69) is 41.3 Å². The first-order chi connectivity index (χ1) is 10.1. The molecule has 2 aromatic rings. The van der Waals surface area contributed by atoms with E-state index in [1.165, 1.54) is 11.4 Å². The van der Waals surface area contributed by atoms with Gasteiger partial charge in [0, 0.05) is 24.1 Å². The van der Waals surface area contributed by atoms with Crippen molar-refractivity contribution in [2.75, 3.05) is 11.9 Å². The fourth-order valence-corrected chi connectivity index (χ4v) is 2.18. The van der Waals surface area contributed by atoms with Gasteiger partial charge in [-0.25, -0.2) is 0 Å². The van der Waals surface area contributed by atoms with Crippen molar-refractivity contribution in [3.05, 3.63) is 47.8 Å². The van der Waals surface area contributed by atoms with Gasteiger partial charge in [0.25, 0.3) is 0 Å². The van der Waals surface area contributed by atoms with Gasteiger partial charge >= 0.3 is 0 Å². The number of thiocarbonyl (C=S) groups is 1. The molecule has 0 aliphatic heterocycles. The van der Waals surface area contributed by atoms with Gasteiger partial charge in [-0.1, -0.05) is 0 Å². The summed E-state index contributed by atoms with van der Waals surface area (Å²) in [6, 6.07) is 11.9. The third-order valence-electron chi connectivity index (χ3n) is 3.33. The number of hydrogen-bond donors (Lipinski definition) is 2. The maximum Gasteiger partial charge on any atom is 0.171 e. The Kier molecular flexibility index (Phi) is 5.22. The Morgan fingerprint density at radius 1 is 1.19 bits per heavy atom. The van der Waals surface area contributed by atoms with Gasteiger partial charge < -0.3 is 19.9 Å². The Bertz CT molecular complexity index is 604. The molecule has 1 aromatic carbocycles. The first kappa shape index (κ1) is 15.4. The molecule has 1 aromatic heterocycles. The second-order valence-electron chi connectivity index (χ2n) is 4.79. The molecule has 0 spiro atoms. The Balaban J connectivity index is 1.85. The molecule has 0 aliphatic carbocycles. The van der Waals surface area contributed by atoms with Crippen LogP contribution in [-0.2, 0) is 13.6 Å². The fourth-order valence-electron chi connectivity index (χ4n) is 1.99. The summed E-state index contributed by atoms with van der Waals surface area (Å²) in [5.41, 5.74) is 3.37. The smallest absolute Gasteiger partial charge is 0.171 e. The third-order valence-corrected chi connectivity index (χ3v) is 3.58. The summed E-state index contributed by atoms with van der Waals surface area (Å²) in [5.74, 6) is 0.862. The van der Waals surface area contributed by atoms with Gasteiger partial charge in [0.1, 0.15) is 5.75 Å². The summed E-state index contributed by atoms with van der Waals surface area (Å²) in [5, 5.41) is 6.98. The van der Waals surface area contributed by atoms with Crippen molar-refractivity contribution in [3.8, 4) is 5.75 Å². The number of nitrogens with one attached hydrogen (secondary N) is 2. The predicted octanol–water partition coefficient (Wildman–Crippen LogP) is 3.22. The average Bonchev–Trinajstić information content (AvgIpc) is 2.79. The Labute approximate surface area is 131 Å². The maximum absolute atomic E-state index is 5.41. The van der Waals surface area contributed by atoms with E-state index >= 15 is 0 Å². The van der Waals surface area contributed by atoms with E-state index in [4.69, 9.17) is 17.0 Å². The van der Waals surface area contributed by atoms with Crippen molar-refractivity contribution in [2.24, 2.45) is 7.05 Å². The normalized spacial score (nSPS) is 10.2. The minimum Gasteiger partial charge on any atom is -0.494 e. The van der Waals surface area contributed by atoms with Crippen LogP contribution in [0.2, 0.25) is 0 Å². The quantitative estimate of drug-likeness (QED) is 0.832. The molecule has 2 rings (SSSR count). The Hall–Kier alpha value is -2.01. The van der Waals surface area contributed by atoms with Crippen LogP contribution in [0.25, 0.3) is 0 Å². The van der Waals surface area contributed by atoms with Crippen molar-refractivity contribution in [1.82, 2.24) is 9.88 Å². The summed E-state index contributed by atoms with van der Waals surface area (Å²) >= 11 is 5.31. The van der Waals surface area contributed by atoms with Crippen LogP contribution in [0.3, 0.4) is 0 Å². The summed E-state index contributed by atoms with van der Waals surface area (Å²) < 4.78 is 7.55. The van der Waals surface area contributed by atoms with Crippen molar-refractivity contribution < 1.29 is 4.74 Å². The number of rotatable bonds is 5. The highest BCUT2D eigenvalue weighted by molar-refractivity contribution is 7.80. The van der Waals surface area contributed by atoms with Crippen LogP contribution >= 0.6 is 12.2 Å². The molecule has 0 amide bonds. The fraction of sp³-hybridized carbons (Fsp3) is 0.312. The van der Waals surface area contributed by atoms with Gasteiger partial charge in [-0.2, -0.15) is 0 Å². The molecular weight excluding hydrogens is 282 g/mol. The second kappa shape index (κ2) is 7.13. The van der Waals surface area contributed by atoms with Crippen LogP contribution in [0.1, 0.15) is 18.3 Å². The largest absolute Gasteiger partial charge is 0.494 e. The van der Waals surface area contributed by atoms with E-state index in [1.807, 2.05) is 31.2 Å². The Morgan fingerprint density at radius 3 is 2.48 bits per heavy atom. The highest BCUT2D eigenvalue weighted by atomic mass is 32.1. The van der Waals surface area contributed by atoms with Crippen LogP contribution in [-0.4, -0.2) is 16.3 Å². The van der Waals surface area contributed by atoms with Crippen LogP contribution in [0.15, 0.2) is 36.4 Å². The van der Waals surface area contributed by atoms with Gasteiger partial charge in [-0.05, 0) is 62.5 Å². The monoisotopic (exact) mass is 303 g/mol. The van der Waals surface area contributed by atoms with Crippen molar-refractivity contribution in [2.45, 2.75) is 20.4 Å². The number of ether oxygens (including phenoxy) is 1. The molecule has 0 saturated carbocycles. The molecule has 5 heteroatoms. The molecule has 0 saturated heterocycles. The van der Waals surface area contributed by atoms with Crippen molar-refractivity contribution >= 4 is 23.0 Å². The minimum atomic E-state index is 0.609. The van der Waals surface area contributed by atoms with Gasteiger partial charge in [0.15, 0.2) is 5.11 Å². The van der Waals surface area contributed by atoms with E-state index in [1.54, 1.807) is 0 Å². The molecule has 4 nitrogen and oxygen atoms in total. The predicted molar refractivity (Wildman–Crippen MR) is 90.8 cm³/mol. The van der Waals surface area contributed by atoms with Gasteiger partial charge in [-0.15, -0.1) is 0 Å². The van der Waals surface area contributed by atoms with E-state index in [9.17, 15) is 0 Å². The molecule has 112 valence electrons. The third kappa shape index (κ3) is 4.23. The number of hydrogen-bond acceptors (Lipinski definition) is 2. The zero-order chi connectivity index (χ0) is 15.2.